The van der Waals surface area contributed by atoms with Crippen LogP contribution in [-0.2, 0) is 0 Å². The lowest BCUT2D eigenvalue weighted by Crippen LogP contribution is -2.40. The second kappa shape index (κ2) is 3.37. The lowest BCUT2D eigenvalue weighted by Gasteiger charge is -2.39. The van der Waals surface area contributed by atoms with Crippen LogP contribution in [0.2, 0.25) is 0 Å². The molecule has 0 heterocycles. The van der Waals surface area contributed by atoms with Crippen LogP contribution in [-0.4, -0.2) is 12.6 Å². The molecule has 2 fully saturated rings. The summed E-state index contributed by atoms with van der Waals surface area (Å²) in [7, 11) is 0. The van der Waals surface area contributed by atoms with Gasteiger partial charge in [-0.15, -0.1) is 0 Å². The van der Waals surface area contributed by atoms with Gasteiger partial charge in [0.05, 0.1) is 0 Å². The van der Waals surface area contributed by atoms with Crippen LogP contribution in [0, 0.1) is 5.41 Å². The van der Waals surface area contributed by atoms with Crippen LogP contribution in [0.1, 0.15) is 51.9 Å². The molecule has 0 saturated heterocycles. The summed E-state index contributed by atoms with van der Waals surface area (Å²) in [6.45, 7) is 3.70. The number of nitrogens with one attached hydrogen (secondary N) is 1. The van der Waals surface area contributed by atoms with Gasteiger partial charge in [-0.1, -0.05) is 26.2 Å². The van der Waals surface area contributed by atoms with E-state index >= 15 is 0 Å². The van der Waals surface area contributed by atoms with Gasteiger partial charge in [0, 0.05) is 12.6 Å². The van der Waals surface area contributed by atoms with Crippen LogP contribution in [0.3, 0.4) is 0 Å². The molecule has 0 unspecified atom stereocenters. The van der Waals surface area contributed by atoms with Gasteiger partial charge in [0.15, 0.2) is 0 Å². The Morgan fingerprint density at radius 1 is 1.17 bits per heavy atom. The van der Waals surface area contributed by atoms with Gasteiger partial charge in [-0.05, 0) is 31.1 Å². The molecule has 0 bridgehead atoms. The largest absolute Gasteiger partial charge is 0.313 e. The zero-order chi connectivity index (χ0) is 8.44. The van der Waals surface area contributed by atoms with Crippen molar-refractivity contribution in [2.45, 2.75) is 57.9 Å². The predicted octanol–water partition coefficient (Wildman–Crippen LogP) is 2.71. The molecule has 2 saturated carbocycles. The topological polar surface area (TPSA) is 12.0 Å². The number of hydrogen-bond acceptors (Lipinski definition) is 1. The van der Waals surface area contributed by atoms with Crippen LogP contribution in [0.15, 0.2) is 0 Å². The predicted molar refractivity (Wildman–Crippen MR) is 52.2 cm³/mol. The van der Waals surface area contributed by atoms with E-state index in [0.717, 1.165) is 6.04 Å². The van der Waals surface area contributed by atoms with Crippen LogP contribution in [0.5, 0.6) is 0 Å². The summed E-state index contributed by atoms with van der Waals surface area (Å²) in [6.07, 6.45) is 10.1. The highest BCUT2D eigenvalue weighted by Crippen LogP contribution is 2.39. The highest BCUT2D eigenvalue weighted by molar-refractivity contribution is 4.87. The van der Waals surface area contributed by atoms with E-state index < -0.39 is 0 Å². The highest BCUT2D eigenvalue weighted by Gasteiger charge is 2.32. The molecular formula is C11H21N. The maximum atomic E-state index is 3.72. The smallest absolute Gasteiger partial charge is 0.00672 e. The maximum Gasteiger partial charge on any atom is 0.00672 e. The molecule has 12 heavy (non-hydrogen) atoms. The highest BCUT2D eigenvalue weighted by atomic mass is 14.9. The molecule has 0 spiro atoms. The minimum absolute atomic E-state index is 0.669. The molecule has 1 heteroatoms. The third kappa shape index (κ3) is 1.82. The molecule has 0 aromatic carbocycles. The van der Waals surface area contributed by atoms with Gasteiger partial charge in [0.25, 0.3) is 0 Å². The second-order valence-corrected chi connectivity index (χ2v) is 5.03. The molecule has 1 N–H and O–H groups in total. The van der Waals surface area contributed by atoms with Gasteiger partial charge in [0.1, 0.15) is 0 Å². The quantitative estimate of drug-likeness (QED) is 0.681. The Hall–Kier alpha value is -0.0400. The molecule has 0 aliphatic heterocycles. The van der Waals surface area contributed by atoms with E-state index in [4.69, 9.17) is 0 Å². The van der Waals surface area contributed by atoms with Crippen molar-refractivity contribution in [1.29, 1.82) is 0 Å². The summed E-state index contributed by atoms with van der Waals surface area (Å²) in [6, 6.07) is 0.863. The molecule has 70 valence electrons. The molecule has 0 atom stereocenters. The van der Waals surface area contributed by atoms with Gasteiger partial charge in [0.2, 0.25) is 0 Å². The fourth-order valence-corrected chi connectivity index (χ4v) is 2.48. The molecule has 0 amide bonds. The lowest BCUT2D eigenvalue weighted by molar-refractivity contribution is 0.151. The molecule has 0 aromatic heterocycles. The molecule has 2 aliphatic rings. The van der Waals surface area contributed by atoms with E-state index in [1.54, 1.807) is 0 Å². The SMILES string of the molecule is CC1(CNC2CCCC2)CCC1. The molecule has 0 radical (unpaired) electrons. The van der Waals surface area contributed by atoms with Gasteiger partial charge in [-0.25, -0.2) is 0 Å². The Labute approximate surface area is 75.9 Å². The fraction of sp³-hybridized carbons (Fsp3) is 1.00. The average Bonchev–Trinajstić information content (AvgIpc) is 2.49. The van der Waals surface area contributed by atoms with E-state index in [1.165, 1.54) is 51.5 Å². The maximum absolute atomic E-state index is 3.72. The van der Waals surface area contributed by atoms with Gasteiger partial charge < -0.3 is 5.32 Å². The zero-order valence-corrected chi connectivity index (χ0v) is 8.23. The third-order valence-electron chi connectivity index (χ3n) is 3.73. The summed E-state index contributed by atoms with van der Waals surface area (Å²) < 4.78 is 0. The third-order valence-corrected chi connectivity index (χ3v) is 3.73. The van der Waals surface area contributed by atoms with Gasteiger partial charge in [-0.3, -0.25) is 0 Å². The summed E-state index contributed by atoms with van der Waals surface area (Å²) in [5, 5.41) is 3.72. The van der Waals surface area contributed by atoms with Crippen molar-refractivity contribution in [2.75, 3.05) is 6.54 Å². The van der Waals surface area contributed by atoms with Crippen molar-refractivity contribution in [3.8, 4) is 0 Å². The summed E-state index contributed by atoms with van der Waals surface area (Å²) in [5.74, 6) is 0. The van der Waals surface area contributed by atoms with Crippen molar-refractivity contribution >= 4 is 0 Å². The van der Waals surface area contributed by atoms with Crippen LogP contribution >= 0.6 is 0 Å². The zero-order valence-electron chi connectivity index (χ0n) is 8.23. The van der Waals surface area contributed by atoms with E-state index in [0.29, 0.717) is 5.41 Å². The Morgan fingerprint density at radius 3 is 2.33 bits per heavy atom. The van der Waals surface area contributed by atoms with E-state index in [2.05, 4.69) is 12.2 Å². The molecular weight excluding hydrogens is 146 g/mol. The first-order chi connectivity index (χ1) is 5.79. The van der Waals surface area contributed by atoms with E-state index in [9.17, 15) is 0 Å². The van der Waals surface area contributed by atoms with Crippen molar-refractivity contribution in [3.05, 3.63) is 0 Å². The first kappa shape index (κ1) is 8.55. The van der Waals surface area contributed by atoms with E-state index in [-0.39, 0.29) is 0 Å². The first-order valence-electron chi connectivity index (χ1n) is 5.52. The minimum Gasteiger partial charge on any atom is -0.313 e. The van der Waals surface area contributed by atoms with Gasteiger partial charge >= 0.3 is 0 Å². The lowest BCUT2D eigenvalue weighted by atomic mass is 9.70. The van der Waals surface area contributed by atoms with Crippen molar-refractivity contribution in [1.82, 2.24) is 5.32 Å². The van der Waals surface area contributed by atoms with Crippen molar-refractivity contribution < 1.29 is 0 Å². The van der Waals surface area contributed by atoms with Crippen molar-refractivity contribution in [3.63, 3.8) is 0 Å². The molecule has 2 aliphatic carbocycles. The number of hydrogen-bond donors (Lipinski definition) is 1. The normalized spacial score (nSPS) is 28.8. The van der Waals surface area contributed by atoms with Crippen molar-refractivity contribution in [2.24, 2.45) is 5.41 Å². The summed E-state index contributed by atoms with van der Waals surface area (Å²) in [5.41, 5.74) is 0.669. The number of rotatable bonds is 3. The Kier molecular flexibility index (Phi) is 2.40. The molecule has 2 rings (SSSR count). The Bertz CT molecular complexity index is 143. The standard InChI is InChI=1S/C11H21N/c1-11(7-4-8-11)9-12-10-5-2-3-6-10/h10,12H,2-9H2,1H3. The first-order valence-corrected chi connectivity index (χ1v) is 5.52. The Morgan fingerprint density at radius 2 is 1.83 bits per heavy atom. The summed E-state index contributed by atoms with van der Waals surface area (Å²) in [4.78, 5) is 0. The average molecular weight is 167 g/mol. The fourth-order valence-electron chi connectivity index (χ4n) is 2.48. The van der Waals surface area contributed by atoms with Crippen LogP contribution in [0.4, 0.5) is 0 Å². The van der Waals surface area contributed by atoms with Crippen LogP contribution < -0.4 is 5.32 Å². The molecule has 0 aromatic rings. The Balaban J connectivity index is 1.67. The minimum atomic E-state index is 0.669. The summed E-state index contributed by atoms with van der Waals surface area (Å²) >= 11 is 0. The van der Waals surface area contributed by atoms with E-state index in [1.807, 2.05) is 0 Å². The monoisotopic (exact) mass is 167 g/mol. The second-order valence-electron chi connectivity index (χ2n) is 5.03. The molecule has 1 nitrogen and oxygen atoms in total. The van der Waals surface area contributed by atoms with Crippen LogP contribution in [0.25, 0.3) is 0 Å². The van der Waals surface area contributed by atoms with Gasteiger partial charge in [-0.2, -0.15) is 0 Å².